The van der Waals surface area contributed by atoms with E-state index in [0.29, 0.717) is 23.1 Å². The summed E-state index contributed by atoms with van der Waals surface area (Å²) in [5.74, 6) is 0.384. The quantitative estimate of drug-likeness (QED) is 0.701. The van der Waals surface area contributed by atoms with Crippen LogP contribution in [-0.2, 0) is 0 Å². The van der Waals surface area contributed by atoms with Crippen LogP contribution in [0.5, 0.6) is 0 Å². The lowest BCUT2D eigenvalue weighted by Gasteiger charge is -2.20. The van der Waals surface area contributed by atoms with Gasteiger partial charge < -0.3 is 10.2 Å². The molecule has 0 aliphatic carbocycles. The Balaban J connectivity index is 1.77. The predicted octanol–water partition coefficient (Wildman–Crippen LogP) is 4.85. The van der Waals surface area contributed by atoms with Crippen LogP contribution in [0.3, 0.4) is 0 Å². The molecule has 2 aromatic carbocycles. The molecule has 5 nitrogen and oxygen atoms in total. The van der Waals surface area contributed by atoms with Crippen LogP contribution < -0.4 is 10.2 Å². The SMILES string of the molecule is CCN(C(=O)c1cnc(Nc2ccc(Cl)cc2C)cn1)c1ccccc1. The second-order valence-electron chi connectivity index (χ2n) is 5.76. The van der Waals surface area contributed by atoms with Crippen molar-refractivity contribution in [1.82, 2.24) is 9.97 Å². The first kappa shape index (κ1) is 17.9. The zero-order valence-corrected chi connectivity index (χ0v) is 15.4. The minimum absolute atomic E-state index is 0.180. The van der Waals surface area contributed by atoms with E-state index in [1.54, 1.807) is 17.2 Å². The highest BCUT2D eigenvalue weighted by Gasteiger charge is 2.17. The Hall–Kier alpha value is -2.92. The van der Waals surface area contributed by atoms with Crippen molar-refractivity contribution >= 4 is 34.7 Å². The van der Waals surface area contributed by atoms with E-state index in [4.69, 9.17) is 11.6 Å². The van der Waals surface area contributed by atoms with Crippen molar-refractivity contribution in [3.05, 3.63) is 77.2 Å². The van der Waals surface area contributed by atoms with Crippen LogP contribution in [-0.4, -0.2) is 22.4 Å². The van der Waals surface area contributed by atoms with E-state index in [1.807, 2.05) is 56.3 Å². The van der Waals surface area contributed by atoms with Gasteiger partial charge in [-0.05, 0) is 49.7 Å². The molecule has 6 heteroatoms. The molecule has 0 unspecified atom stereocenters. The molecule has 0 radical (unpaired) electrons. The number of aromatic nitrogens is 2. The summed E-state index contributed by atoms with van der Waals surface area (Å²) < 4.78 is 0. The number of nitrogens with zero attached hydrogens (tertiary/aromatic N) is 3. The largest absolute Gasteiger partial charge is 0.339 e. The summed E-state index contributed by atoms with van der Waals surface area (Å²) >= 11 is 5.97. The third-order valence-electron chi connectivity index (χ3n) is 3.95. The van der Waals surface area contributed by atoms with Gasteiger partial charge in [-0.15, -0.1) is 0 Å². The van der Waals surface area contributed by atoms with E-state index >= 15 is 0 Å². The summed E-state index contributed by atoms with van der Waals surface area (Å²) in [5, 5.41) is 3.86. The number of rotatable bonds is 5. The Kier molecular flexibility index (Phi) is 5.49. The summed E-state index contributed by atoms with van der Waals surface area (Å²) in [6.07, 6.45) is 3.04. The predicted molar refractivity (Wildman–Crippen MR) is 105 cm³/mol. The van der Waals surface area contributed by atoms with Gasteiger partial charge in [0.15, 0.2) is 0 Å². The molecule has 0 saturated heterocycles. The molecule has 0 aliphatic rings. The van der Waals surface area contributed by atoms with Gasteiger partial charge in [-0.2, -0.15) is 0 Å². The van der Waals surface area contributed by atoms with Gasteiger partial charge in [-0.25, -0.2) is 9.97 Å². The molecular formula is C20H19ClN4O. The first-order valence-electron chi connectivity index (χ1n) is 8.30. The minimum atomic E-state index is -0.180. The molecule has 1 aromatic heterocycles. The maximum absolute atomic E-state index is 12.7. The maximum atomic E-state index is 12.7. The molecule has 0 atom stereocenters. The number of hydrogen-bond donors (Lipinski definition) is 1. The Labute approximate surface area is 157 Å². The molecule has 0 spiro atoms. The van der Waals surface area contributed by atoms with Gasteiger partial charge in [0.2, 0.25) is 0 Å². The molecule has 26 heavy (non-hydrogen) atoms. The number of carbonyl (C=O) groups is 1. The zero-order chi connectivity index (χ0) is 18.5. The average Bonchev–Trinajstić information content (AvgIpc) is 2.66. The van der Waals surface area contributed by atoms with Gasteiger partial charge >= 0.3 is 0 Å². The van der Waals surface area contributed by atoms with E-state index in [2.05, 4.69) is 15.3 Å². The topological polar surface area (TPSA) is 58.1 Å². The summed E-state index contributed by atoms with van der Waals surface area (Å²) in [4.78, 5) is 23.0. The standard InChI is InChI=1S/C20H19ClN4O/c1-3-25(16-7-5-4-6-8-16)20(26)18-12-23-19(13-22-18)24-17-10-9-15(21)11-14(17)2/h4-13H,3H2,1-2H3,(H,23,24). The first-order chi connectivity index (χ1) is 12.6. The molecule has 1 N–H and O–H groups in total. The maximum Gasteiger partial charge on any atom is 0.278 e. The molecule has 0 bridgehead atoms. The normalized spacial score (nSPS) is 10.4. The third kappa shape index (κ3) is 4.00. The number of para-hydroxylation sites is 1. The van der Waals surface area contributed by atoms with Crippen LogP contribution in [0.2, 0.25) is 5.02 Å². The number of halogens is 1. The molecular weight excluding hydrogens is 348 g/mol. The van der Waals surface area contributed by atoms with Crippen LogP contribution in [0.1, 0.15) is 23.0 Å². The van der Waals surface area contributed by atoms with E-state index in [1.165, 1.54) is 6.20 Å². The van der Waals surface area contributed by atoms with Crippen molar-refractivity contribution in [3.8, 4) is 0 Å². The molecule has 1 heterocycles. The van der Waals surface area contributed by atoms with E-state index in [9.17, 15) is 4.79 Å². The molecule has 0 aliphatic heterocycles. The Morgan fingerprint density at radius 1 is 1.12 bits per heavy atom. The minimum Gasteiger partial charge on any atom is -0.339 e. The summed E-state index contributed by atoms with van der Waals surface area (Å²) in [5.41, 5.74) is 3.03. The smallest absolute Gasteiger partial charge is 0.278 e. The second kappa shape index (κ2) is 7.97. The van der Waals surface area contributed by atoms with E-state index in [-0.39, 0.29) is 5.91 Å². The van der Waals surface area contributed by atoms with Gasteiger partial charge in [0.05, 0.1) is 12.4 Å². The number of nitrogens with one attached hydrogen (secondary N) is 1. The van der Waals surface area contributed by atoms with Gasteiger partial charge in [0, 0.05) is 22.9 Å². The Morgan fingerprint density at radius 3 is 2.50 bits per heavy atom. The highest BCUT2D eigenvalue weighted by atomic mass is 35.5. The fraction of sp³-hybridized carbons (Fsp3) is 0.150. The summed E-state index contributed by atoms with van der Waals surface area (Å²) in [6.45, 7) is 4.44. The molecule has 0 fully saturated rings. The zero-order valence-electron chi connectivity index (χ0n) is 14.6. The lowest BCUT2D eigenvalue weighted by molar-refractivity contribution is 0.0983. The van der Waals surface area contributed by atoms with E-state index < -0.39 is 0 Å². The number of carbonyl (C=O) groups excluding carboxylic acids is 1. The fourth-order valence-corrected chi connectivity index (χ4v) is 2.82. The van der Waals surface area contributed by atoms with Crippen molar-refractivity contribution < 1.29 is 4.79 Å². The summed E-state index contributed by atoms with van der Waals surface area (Å²) in [6, 6.07) is 15.1. The number of amides is 1. The second-order valence-corrected chi connectivity index (χ2v) is 6.19. The van der Waals surface area contributed by atoms with Crippen molar-refractivity contribution in [2.24, 2.45) is 0 Å². The van der Waals surface area contributed by atoms with Gasteiger partial charge in [-0.3, -0.25) is 4.79 Å². The lowest BCUT2D eigenvalue weighted by Crippen LogP contribution is -2.31. The average molecular weight is 367 g/mol. The highest BCUT2D eigenvalue weighted by molar-refractivity contribution is 6.30. The number of hydrogen-bond acceptors (Lipinski definition) is 4. The third-order valence-corrected chi connectivity index (χ3v) is 4.19. The number of aryl methyl sites for hydroxylation is 1. The van der Waals surface area contributed by atoms with Crippen LogP contribution in [0, 0.1) is 6.92 Å². The van der Waals surface area contributed by atoms with Crippen LogP contribution in [0.15, 0.2) is 60.9 Å². The highest BCUT2D eigenvalue weighted by Crippen LogP contribution is 2.22. The number of benzene rings is 2. The Bertz CT molecular complexity index is 897. The van der Waals surface area contributed by atoms with Crippen molar-refractivity contribution in [1.29, 1.82) is 0 Å². The van der Waals surface area contributed by atoms with Crippen molar-refractivity contribution in [3.63, 3.8) is 0 Å². The summed E-state index contributed by atoms with van der Waals surface area (Å²) in [7, 11) is 0. The lowest BCUT2D eigenvalue weighted by atomic mass is 10.2. The molecule has 1 amide bonds. The molecule has 3 aromatic rings. The monoisotopic (exact) mass is 366 g/mol. The van der Waals surface area contributed by atoms with Gasteiger partial charge in [-0.1, -0.05) is 29.8 Å². The van der Waals surface area contributed by atoms with Crippen LogP contribution in [0.25, 0.3) is 0 Å². The van der Waals surface area contributed by atoms with Gasteiger partial charge in [0.25, 0.3) is 5.91 Å². The molecule has 132 valence electrons. The van der Waals surface area contributed by atoms with Gasteiger partial charge in [0.1, 0.15) is 11.5 Å². The Morgan fingerprint density at radius 2 is 1.88 bits per heavy atom. The van der Waals surface area contributed by atoms with Crippen molar-refractivity contribution in [2.45, 2.75) is 13.8 Å². The molecule has 0 saturated carbocycles. The van der Waals surface area contributed by atoms with Crippen LogP contribution in [0.4, 0.5) is 17.2 Å². The molecule has 3 rings (SSSR count). The van der Waals surface area contributed by atoms with Crippen LogP contribution >= 0.6 is 11.6 Å². The van der Waals surface area contributed by atoms with Crippen molar-refractivity contribution in [2.75, 3.05) is 16.8 Å². The first-order valence-corrected chi connectivity index (χ1v) is 8.68. The van der Waals surface area contributed by atoms with E-state index in [0.717, 1.165) is 16.9 Å². The fourth-order valence-electron chi connectivity index (χ4n) is 2.60. The number of anilines is 3.